The molecule has 30 heavy (non-hydrogen) atoms. The highest BCUT2D eigenvalue weighted by molar-refractivity contribution is 9.10. The number of nitrogens with zero attached hydrogens (tertiary/aromatic N) is 1. The van der Waals surface area contributed by atoms with Gasteiger partial charge in [0.1, 0.15) is 0 Å². The molecule has 0 spiro atoms. The number of likely N-dealkylation sites (N-methyl/N-ethyl adjacent to an activating group) is 1. The smallest absolute Gasteiger partial charge is 0.246 e. The van der Waals surface area contributed by atoms with Crippen LogP contribution in [0.3, 0.4) is 0 Å². The van der Waals surface area contributed by atoms with Crippen molar-refractivity contribution in [3.05, 3.63) is 58.1 Å². The Morgan fingerprint density at radius 1 is 1.17 bits per heavy atom. The van der Waals surface area contributed by atoms with Gasteiger partial charge in [-0.15, -0.1) is 0 Å². The number of carbonyl (C=O) groups excluding carboxylic acids is 2. The SMILES string of the molecule is COc1cc(C=CC(=O)N(C)CC(=O)Nc2ccc(Br)cc2C)ccc1OC(C)C. The summed E-state index contributed by atoms with van der Waals surface area (Å²) in [5.41, 5.74) is 2.44. The summed E-state index contributed by atoms with van der Waals surface area (Å²) in [5, 5.41) is 2.83. The molecular formula is C23H27BrN2O4. The average Bonchev–Trinajstić information content (AvgIpc) is 2.68. The zero-order valence-corrected chi connectivity index (χ0v) is 19.4. The van der Waals surface area contributed by atoms with E-state index in [2.05, 4.69) is 21.2 Å². The summed E-state index contributed by atoms with van der Waals surface area (Å²) in [6.07, 6.45) is 3.13. The van der Waals surface area contributed by atoms with Gasteiger partial charge in [-0.25, -0.2) is 0 Å². The number of ether oxygens (including phenoxy) is 2. The van der Waals surface area contributed by atoms with E-state index in [0.717, 1.165) is 21.3 Å². The summed E-state index contributed by atoms with van der Waals surface area (Å²) in [6, 6.07) is 11.0. The maximum Gasteiger partial charge on any atom is 0.246 e. The van der Waals surface area contributed by atoms with Crippen LogP contribution in [0.15, 0.2) is 46.9 Å². The molecule has 0 radical (unpaired) electrons. The Labute approximate surface area is 186 Å². The van der Waals surface area contributed by atoms with Crippen molar-refractivity contribution in [2.24, 2.45) is 0 Å². The van der Waals surface area contributed by atoms with E-state index in [0.29, 0.717) is 11.5 Å². The second kappa shape index (κ2) is 10.8. The fraction of sp³-hybridized carbons (Fsp3) is 0.304. The Bertz CT molecular complexity index is 941. The first kappa shape index (κ1) is 23.5. The van der Waals surface area contributed by atoms with Crippen LogP contribution in [0.25, 0.3) is 6.08 Å². The topological polar surface area (TPSA) is 67.9 Å². The molecule has 0 aliphatic carbocycles. The lowest BCUT2D eigenvalue weighted by atomic mass is 10.2. The Morgan fingerprint density at radius 3 is 2.53 bits per heavy atom. The van der Waals surface area contributed by atoms with E-state index in [1.807, 2.05) is 45.0 Å². The maximum atomic E-state index is 12.4. The fourth-order valence-electron chi connectivity index (χ4n) is 2.68. The largest absolute Gasteiger partial charge is 0.493 e. The zero-order chi connectivity index (χ0) is 22.3. The first-order valence-corrected chi connectivity index (χ1v) is 10.3. The number of carbonyl (C=O) groups is 2. The van der Waals surface area contributed by atoms with E-state index in [1.165, 1.54) is 11.0 Å². The van der Waals surface area contributed by atoms with Gasteiger partial charge in [-0.1, -0.05) is 22.0 Å². The van der Waals surface area contributed by atoms with E-state index < -0.39 is 0 Å². The first-order valence-electron chi connectivity index (χ1n) is 9.53. The minimum absolute atomic E-state index is 0.0304. The van der Waals surface area contributed by atoms with Gasteiger partial charge in [0, 0.05) is 23.3 Å². The summed E-state index contributed by atoms with van der Waals surface area (Å²) < 4.78 is 12.0. The van der Waals surface area contributed by atoms with Crippen molar-refractivity contribution in [2.75, 3.05) is 26.0 Å². The molecule has 2 amide bonds. The minimum Gasteiger partial charge on any atom is -0.493 e. The molecule has 0 aromatic heterocycles. The standard InChI is InChI=1S/C23H27BrN2O4/c1-15(2)30-20-10-6-17(13-21(20)29-5)7-11-23(28)26(4)14-22(27)25-19-9-8-18(24)12-16(19)3/h6-13,15H,14H2,1-5H3,(H,25,27). The molecule has 160 valence electrons. The monoisotopic (exact) mass is 474 g/mol. The molecule has 0 atom stereocenters. The molecule has 0 heterocycles. The molecule has 7 heteroatoms. The fourth-order valence-corrected chi connectivity index (χ4v) is 3.16. The summed E-state index contributed by atoms with van der Waals surface area (Å²) >= 11 is 3.39. The van der Waals surface area contributed by atoms with Crippen LogP contribution in [-0.4, -0.2) is 43.5 Å². The van der Waals surface area contributed by atoms with E-state index in [-0.39, 0.29) is 24.5 Å². The molecule has 0 unspecified atom stereocenters. The first-order chi connectivity index (χ1) is 14.2. The second-order valence-electron chi connectivity index (χ2n) is 7.11. The molecule has 1 N–H and O–H groups in total. The van der Waals surface area contributed by atoms with Crippen molar-refractivity contribution in [1.82, 2.24) is 4.90 Å². The molecule has 2 rings (SSSR count). The molecule has 0 aliphatic heterocycles. The Kier molecular flexibility index (Phi) is 8.47. The van der Waals surface area contributed by atoms with Gasteiger partial charge < -0.3 is 19.7 Å². The zero-order valence-electron chi connectivity index (χ0n) is 17.9. The number of halogens is 1. The molecule has 0 saturated carbocycles. The van der Waals surface area contributed by atoms with Gasteiger partial charge in [-0.3, -0.25) is 9.59 Å². The number of aryl methyl sites for hydroxylation is 1. The van der Waals surface area contributed by atoms with Crippen molar-refractivity contribution in [2.45, 2.75) is 26.9 Å². The lowest BCUT2D eigenvalue weighted by Crippen LogP contribution is -2.34. The number of nitrogens with one attached hydrogen (secondary N) is 1. The van der Waals surface area contributed by atoms with E-state index in [9.17, 15) is 9.59 Å². The number of methoxy groups -OCH3 is 1. The number of benzene rings is 2. The van der Waals surface area contributed by atoms with Crippen molar-refractivity contribution >= 4 is 39.5 Å². The summed E-state index contributed by atoms with van der Waals surface area (Å²) in [6.45, 7) is 5.73. The molecule has 0 aliphatic rings. The van der Waals surface area contributed by atoms with E-state index >= 15 is 0 Å². The van der Waals surface area contributed by atoms with Crippen LogP contribution < -0.4 is 14.8 Å². The molecule has 0 fully saturated rings. The van der Waals surface area contributed by atoms with Crippen molar-refractivity contribution in [3.8, 4) is 11.5 Å². The van der Waals surface area contributed by atoms with Gasteiger partial charge >= 0.3 is 0 Å². The Balaban J connectivity index is 1.97. The number of rotatable bonds is 8. The van der Waals surface area contributed by atoms with Gasteiger partial charge in [0.25, 0.3) is 0 Å². The summed E-state index contributed by atoms with van der Waals surface area (Å²) in [5.74, 6) is 0.699. The molecule has 2 aromatic carbocycles. The number of hydrogen-bond acceptors (Lipinski definition) is 4. The van der Waals surface area contributed by atoms with Crippen LogP contribution in [0.4, 0.5) is 5.69 Å². The van der Waals surface area contributed by atoms with Crippen molar-refractivity contribution in [1.29, 1.82) is 0 Å². The summed E-state index contributed by atoms with van der Waals surface area (Å²) in [7, 11) is 3.15. The Hall–Kier alpha value is -2.80. The van der Waals surface area contributed by atoms with Gasteiger partial charge in [0.15, 0.2) is 11.5 Å². The highest BCUT2D eigenvalue weighted by Gasteiger charge is 2.12. The molecule has 2 aromatic rings. The van der Waals surface area contributed by atoms with Gasteiger partial charge in [0.05, 0.1) is 19.8 Å². The average molecular weight is 475 g/mol. The lowest BCUT2D eigenvalue weighted by Gasteiger charge is -2.16. The molecule has 0 saturated heterocycles. The number of amides is 2. The molecule has 0 bridgehead atoms. The van der Waals surface area contributed by atoms with E-state index in [1.54, 1.807) is 32.4 Å². The second-order valence-corrected chi connectivity index (χ2v) is 8.03. The van der Waals surface area contributed by atoms with Gasteiger partial charge in [0.2, 0.25) is 11.8 Å². The maximum absolute atomic E-state index is 12.4. The Morgan fingerprint density at radius 2 is 1.90 bits per heavy atom. The molecular weight excluding hydrogens is 448 g/mol. The van der Waals surface area contributed by atoms with Crippen LogP contribution in [0.2, 0.25) is 0 Å². The van der Waals surface area contributed by atoms with Crippen molar-refractivity contribution < 1.29 is 19.1 Å². The minimum atomic E-state index is -0.279. The quantitative estimate of drug-likeness (QED) is 0.564. The van der Waals surface area contributed by atoms with Crippen LogP contribution >= 0.6 is 15.9 Å². The van der Waals surface area contributed by atoms with E-state index in [4.69, 9.17) is 9.47 Å². The lowest BCUT2D eigenvalue weighted by molar-refractivity contribution is -0.129. The highest BCUT2D eigenvalue weighted by Crippen LogP contribution is 2.29. The predicted octanol–water partition coefficient (Wildman–Crippen LogP) is 4.66. The van der Waals surface area contributed by atoms with Crippen LogP contribution in [-0.2, 0) is 9.59 Å². The number of hydrogen-bond donors (Lipinski definition) is 1. The normalized spacial score (nSPS) is 10.9. The van der Waals surface area contributed by atoms with Gasteiger partial charge in [-0.2, -0.15) is 0 Å². The highest BCUT2D eigenvalue weighted by atomic mass is 79.9. The van der Waals surface area contributed by atoms with Crippen LogP contribution in [0.5, 0.6) is 11.5 Å². The third-order valence-corrected chi connectivity index (χ3v) is 4.68. The summed E-state index contributed by atoms with van der Waals surface area (Å²) in [4.78, 5) is 26.0. The van der Waals surface area contributed by atoms with Crippen LogP contribution in [0.1, 0.15) is 25.0 Å². The predicted molar refractivity (Wildman–Crippen MR) is 123 cm³/mol. The number of anilines is 1. The van der Waals surface area contributed by atoms with Crippen LogP contribution in [0, 0.1) is 6.92 Å². The third kappa shape index (κ3) is 6.91. The van der Waals surface area contributed by atoms with Crippen molar-refractivity contribution in [3.63, 3.8) is 0 Å². The molecule has 6 nitrogen and oxygen atoms in total. The third-order valence-electron chi connectivity index (χ3n) is 4.19. The van der Waals surface area contributed by atoms with Gasteiger partial charge in [-0.05, 0) is 68.3 Å².